The normalized spacial score (nSPS) is 10.2. The van der Waals surface area contributed by atoms with Crippen LogP contribution < -0.4 is 20.1 Å². The lowest BCUT2D eigenvalue weighted by atomic mass is 10.1. The summed E-state index contributed by atoms with van der Waals surface area (Å²) < 4.78 is 15.6. The second kappa shape index (κ2) is 6.54. The van der Waals surface area contributed by atoms with Crippen LogP contribution >= 0.6 is 11.6 Å². The molecule has 0 aliphatic heterocycles. The number of methoxy groups -OCH3 is 3. The van der Waals surface area contributed by atoms with Gasteiger partial charge in [0.1, 0.15) is 10.8 Å². The minimum atomic E-state index is 0.363. The molecule has 0 radical (unpaired) electrons. The van der Waals surface area contributed by atoms with Gasteiger partial charge in [0.25, 0.3) is 0 Å². The van der Waals surface area contributed by atoms with E-state index >= 15 is 0 Å². The van der Waals surface area contributed by atoms with Crippen molar-refractivity contribution in [1.29, 1.82) is 0 Å². The molecule has 0 amide bonds. The fourth-order valence-corrected chi connectivity index (χ4v) is 1.93. The minimum Gasteiger partial charge on any atom is -0.495 e. The van der Waals surface area contributed by atoms with Gasteiger partial charge in [0.05, 0.1) is 27.9 Å². The molecule has 1 rings (SSSR count). The molecule has 0 saturated heterocycles. The van der Waals surface area contributed by atoms with E-state index in [-0.39, 0.29) is 0 Å². The van der Waals surface area contributed by atoms with E-state index in [1.807, 2.05) is 0 Å². The van der Waals surface area contributed by atoms with E-state index in [0.29, 0.717) is 35.3 Å². The Bertz CT molecular complexity index is 384. The van der Waals surface area contributed by atoms with E-state index in [0.717, 1.165) is 5.56 Å². The average Bonchev–Trinajstić information content (AvgIpc) is 2.35. The fourth-order valence-electron chi connectivity index (χ4n) is 1.56. The van der Waals surface area contributed by atoms with E-state index < -0.39 is 0 Å². The van der Waals surface area contributed by atoms with Crippen LogP contribution in [0.5, 0.6) is 17.2 Å². The van der Waals surface area contributed by atoms with Gasteiger partial charge in [-0.2, -0.15) is 0 Å². The van der Waals surface area contributed by atoms with Crippen LogP contribution in [0.2, 0.25) is 5.02 Å². The number of ether oxygens (including phenoxy) is 3. The van der Waals surface area contributed by atoms with Gasteiger partial charge in [-0.05, 0) is 6.07 Å². The summed E-state index contributed by atoms with van der Waals surface area (Å²) in [6.07, 6.45) is 0.569. The van der Waals surface area contributed by atoms with Crippen LogP contribution in [0, 0.1) is 0 Å². The Morgan fingerprint density at radius 3 is 2.24 bits per heavy atom. The average molecular weight is 262 g/mol. The molecule has 0 aliphatic rings. The van der Waals surface area contributed by atoms with Gasteiger partial charge >= 0.3 is 0 Å². The lowest BCUT2D eigenvalue weighted by Gasteiger charge is -2.16. The SMILES string of the molecule is COc1cc(CCON)c(OC)c(Cl)c1OC. The second-order valence-corrected chi connectivity index (χ2v) is 3.62. The zero-order chi connectivity index (χ0) is 12.8. The molecule has 0 atom stereocenters. The van der Waals surface area contributed by atoms with Gasteiger partial charge in [0.15, 0.2) is 11.5 Å². The molecule has 1 aromatic rings. The summed E-state index contributed by atoms with van der Waals surface area (Å²) in [6, 6.07) is 1.79. The second-order valence-electron chi connectivity index (χ2n) is 3.24. The van der Waals surface area contributed by atoms with Crippen molar-refractivity contribution >= 4 is 11.6 Å². The molecule has 1 aromatic carbocycles. The fraction of sp³-hybridized carbons (Fsp3) is 0.455. The quantitative estimate of drug-likeness (QED) is 0.791. The summed E-state index contributed by atoms with van der Waals surface area (Å²) in [4.78, 5) is 4.54. The van der Waals surface area contributed by atoms with Gasteiger partial charge in [-0.15, -0.1) is 0 Å². The number of nitrogens with two attached hydrogens (primary N) is 1. The largest absolute Gasteiger partial charge is 0.495 e. The van der Waals surface area contributed by atoms with E-state index in [1.165, 1.54) is 7.11 Å². The zero-order valence-electron chi connectivity index (χ0n) is 10.1. The first-order chi connectivity index (χ1) is 8.19. The van der Waals surface area contributed by atoms with Gasteiger partial charge < -0.3 is 19.0 Å². The summed E-state index contributed by atoms with van der Waals surface area (Å²) in [7, 11) is 4.61. The highest BCUT2D eigenvalue weighted by Gasteiger charge is 2.18. The van der Waals surface area contributed by atoms with Crippen LogP contribution in [0.1, 0.15) is 5.56 Å². The molecule has 0 unspecified atom stereocenters. The van der Waals surface area contributed by atoms with Crippen molar-refractivity contribution in [2.45, 2.75) is 6.42 Å². The van der Waals surface area contributed by atoms with Crippen molar-refractivity contribution in [3.63, 3.8) is 0 Å². The Labute approximate surface area is 105 Å². The van der Waals surface area contributed by atoms with Crippen molar-refractivity contribution in [1.82, 2.24) is 0 Å². The Morgan fingerprint density at radius 1 is 1.12 bits per heavy atom. The van der Waals surface area contributed by atoms with Crippen molar-refractivity contribution in [3.05, 3.63) is 16.7 Å². The molecular weight excluding hydrogens is 246 g/mol. The third kappa shape index (κ3) is 2.94. The molecule has 6 heteroatoms. The molecule has 5 nitrogen and oxygen atoms in total. The predicted molar refractivity (Wildman–Crippen MR) is 65.0 cm³/mol. The van der Waals surface area contributed by atoms with Crippen molar-refractivity contribution < 1.29 is 19.0 Å². The van der Waals surface area contributed by atoms with Crippen LogP contribution in [0.4, 0.5) is 0 Å². The predicted octanol–water partition coefficient (Wildman–Crippen LogP) is 1.80. The maximum Gasteiger partial charge on any atom is 0.183 e. The molecule has 96 valence electrons. The molecular formula is C11H16ClNO4. The van der Waals surface area contributed by atoms with Crippen LogP contribution in [0.15, 0.2) is 6.07 Å². The van der Waals surface area contributed by atoms with Crippen LogP contribution in [0.25, 0.3) is 0 Å². The van der Waals surface area contributed by atoms with E-state index in [2.05, 4.69) is 4.84 Å². The highest BCUT2D eigenvalue weighted by molar-refractivity contribution is 6.34. The first-order valence-electron chi connectivity index (χ1n) is 4.98. The molecule has 0 saturated carbocycles. The molecule has 0 heterocycles. The summed E-state index contributed by atoms with van der Waals surface area (Å²) in [6.45, 7) is 0.363. The van der Waals surface area contributed by atoms with Gasteiger partial charge in [-0.3, -0.25) is 0 Å². The molecule has 2 N–H and O–H groups in total. The van der Waals surface area contributed by atoms with Crippen molar-refractivity contribution in [2.75, 3.05) is 27.9 Å². The first kappa shape index (κ1) is 13.9. The number of hydrogen-bond acceptors (Lipinski definition) is 5. The molecule has 0 spiro atoms. The zero-order valence-corrected chi connectivity index (χ0v) is 10.8. The third-order valence-corrected chi connectivity index (χ3v) is 2.68. The number of benzene rings is 1. The molecule has 0 bridgehead atoms. The smallest absolute Gasteiger partial charge is 0.183 e. The summed E-state index contributed by atoms with van der Waals surface area (Å²) in [5.74, 6) is 6.54. The Morgan fingerprint density at radius 2 is 1.76 bits per heavy atom. The Hall–Kier alpha value is -1.17. The maximum atomic E-state index is 6.17. The molecule has 17 heavy (non-hydrogen) atoms. The van der Waals surface area contributed by atoms with Crippen molar-refractivity contribution in [3.8, 4) is 17.2 Å². The lowest BCUT2D eigenvalue weighted by Crippen LogP contribution is -2.06. The number of halogens is 1. The highest BCUT2D eigenvalue weighted by Crippen LogP contribution is 2.44. The van der Waals surface area contributed by atoms with Gasteiger partial charge in [-0.25, -0.2) is 5.90 Å². The third-order valence-electron chi connectivity index (χ3n) is 2.34. The standard InChI is InChI=1S/C11H16ClNO4/c1-14-8-6-7(4-5-17-13)10(15-2)9(12)11(8)16-3/h6H,4-5,13H2,1-3H3. The summed E-state index contributed by atoms with van der Waals surface area (Å²) >= 11 is 6.17. The first-order valence-corrected chi connectivity index (χ1v) is 5.36. The monoisotopic (exact) mass is 261 g/mol. The number of hydrogen-bond donors (Lipinski definition) is 1. The molecule has 0 fully saturated rings. The molecule has 0 aromatic heterocycles. The lowest BCUT2D eigenvalue weighted by molar-refractivity contribution is 0.140. The number of rotatable bonds is 6. The van der Waals surface area contributed by atoms with Crippen LogP contribution in [0.3, 0.4) is 0 Å². The molecule has 0 aliphatic carbocycles. The van der Waals surface area contributed by atoms with Crippen LogP contribution in [-0.4, -0.2) is 27.9 Å². The van der Waals surface area contributed by atoms with E-state index in [4.69, 9.17) is 31.7 Å². The summed E-state index contributed by atoms with van der Waals surface area (Å²) in [5.41, 5.74) is 0.848. The minimum absolute atomic E-state index is 0.363. The van der Waals surface area contributed by atoms with Gasteiger partial charge in [0.2, 0.25) is 0 Å². The maximum absolute atomic E-state index is 6.17. The topological polar surface area (TPSA) is 62.9 Å². The Kier molecular flexibility index (Phi) is 5.34. The Balaban J connectivity index is 3.24. The van der Waals surface area contributed by atoms with Gasteiger partial charge in [-0.1, -0.05) is 11.6 Å². The van der Waals surface area contributed by atoms with E-state index in [9.17, 15) is 0 Å². The van der Waals surface area contributed by atoms with Crippen molar-refractivity contribution in [2.24, 2.45) is 5.90 Å². The summed E-state index contributed by atoms with van der Waals surface area (Å²) in [5, 5.41) is 0.376. The highest BCUT2D eigenvalue weighted by atomic mass is 35.5. The van der Waals surface area contributed by atoms with Gasteiger partial charge in [0, 0.05) is 12.0 Å². The van der Waals surface area contributed by atoms with Crippen LogP contribution in [-0.2, 0) is 11.3 Å². The van der Waals surface area contributed by atoms with E-state index in [1.54, 1.807) is 20.3 Å².